The monoisotopic (exact) mass is 239 g/mol. The number of aliphatic hydroxyl groups is 1. The average Bonchev–Trinajstić information content (AvgIpc) is 2.74. The van der Waals surface area contributed by atoms with Crippen molar-refractivity contribution in [1.82, 2.24) is 15.1 Å². The van der Waals surface area contributed by atoms with Crippen LogP contribution in [-0.2, 0) is 7.05 Å². The van der Waals surface area contributed by atoms with E-state index in [1.54, 1.807) is 24.0 Å². The highest BCUT2D eigenvalue weighted by molar-refractivity contribution is 5.92. The summed E-state index contributed by atoms with van der Waals surface area (Å²) in [5, 5.41) is 16.6. The molecule has 0 fully saturated rings. The highest BCUT2D eigenvalue weighted by atomic mass is 16.3. The van der Waals surface area contributed by atoms with Crippen LogP contribution in [0.5, 0.6) is 0 Å². The molecule has 0 aliphatic rings. The van der Waals surface area contributed by atoms with Crippen molar-refractivity contribution in [1.29, 1.82) is 0 Å². The molecule has 1 heterocycles. The number of amides is 1. The zero-order valence-corrected chi connectivity index (χ0v) is 10.7. The van der Waals surface area contributed by atoms with Gasteiger partial charge in [-0.15, -0.1) is 0 Å². The zero-order valence-electron chi connectivity index (χ0n) is 10.7. The molecular weight excluding hydrogens is 218 g/mol. The number of aromatic nitrogens is 2. The van der Waals surface area contributed by atoms with Gasteiger partial charge in [0.05, 0.1) is 6.10 Å². The fraction of sp³-hybridized carbons (Fsp3) is 0.667. The average molecular weight is 239 g/mol. The molecule has 1 atom stereocenters. The Morgan fingerprint density at radius 3 is 2.65 bits per heavy atom. The number of aryl methyl sites for hydroxylation is 1. The van der Waals surface area contributed by atoms with Crippen LogP contribution in [0, 0.1) is 5.92 Å². The normalized spacial score (nSPS) is 12.8. The molecule has 0 spiro atoms. The molecule has 1 amide bonds. The van der Waals surface area contributed by atoms with Gasteiger partial charge in [-0.05, 0) is 12.0 Å². The van der Waals surface area contributed by atoms with Crippen LogP contribution in [0.15, 0.2) is 12.3 Å². The summed E-state index contributed by atoms with van der Waals surface area (Å²) in [6.07, 6.45) is 3.05. The lowest BCUT2D eigenvalue weighted by Crippen LogP contribution is -2.36. The second-order valence-corrected chi connectivity index (χ2v) is 4.23. The van der Waals surface area contributed by atoms with E-state index in [2.05, 4.69) is 10.4 Å². The van der Waals surface area contributed by atoms with Gasteiger partial charge in [0.2, 0.25) is 0 Å². The standard InChI is InChI=1S/C12H21N3O2/c1-4-9(5-2)11(16)8-13-12(17)10-6-7-15(3)14-10/h6-7,9,11,16H,4-5,8H2,1-3H3,(H,13,17). The molecule has 5 heteroatoms. The second-order valence-electron chi connectivity index (χ2n) is 4.23. The molecule has 1 rings (SSSR count). The smallest absolute Gasteiger partial charge is 0.271 e. The first-order chi connectivity index (χ1) is 8.08. The molecule has 0 aromatic carbocycles. The summed E-state index contributed by atoms with van der Waals surface area (Å²) >= 11 is 0. The second kappa shape index (κ2) is 6.39. The van der Waals surface area contributed by atoms with Crippen molar-refractivity contribution in [2.75, 3.05) is 6.54 Å². The number of carbonyl (C=O) groups excluding carboxylic acids is 1. The Morgan fingerprint density at radius 2 is 2.18 bits per heavy atom. The van der Waals surface area contributed by atoms with E-state index in [-0.39, 0.29) is 18.4 Å². The number of nitrogens with zero attached hydrogens (tertiary/aromatic N) is 2. The van der Waals surface area contributed by atoms with E-state index in [0.717, 1.165) is 12.8 Å². The molecule has 0 aliphatic carbocycles. The Bertz CT molecular complexity index is 358. The maximum absolute atomic E-state index is 11.7. The number of aliphatic hydroxyl groups excluding tert-OH is 1. The van der Waals surface area contributed by atoms with E-state index in [9.17, 15) is 9.90 Å². The van der Waals surface area contributed by atoms with E-state index in [1.807, 2.05) is 13.8 Å². The van der Waals surface area contributed by atoms with Gasteiger partial charge in [0, 0.05) is 19.8 Å². The van der Waals surface area contributed by atoms with Gasteiger partial charge < -0.3 is 10.4 Å². The van der Waals surface area contributed by atoms with Crippen LogP contribution in [0.2, 0.25) is 0 Å². The van der Waals surface area contributed by atoms with Crippen molar-refractivity contribution in [3.05, 3.63) is 18.0 Å². The molecule has 0 saturated heterocycles. The van der Waals surface area contributed by atoms with Crippen LogP contribution in [0.25, 0.3) is 0 Å². The van der Waals surface area contributed by atoms with Gasteiger partial charge in [0.25, 0.3) is 5.91 Å². The van der Waals surface area contributed by atoms with Gasteiger partial charge in [-0.25, -0.2) is 0 Å². The van der Waals surface area contributed by atoms with Crippen molar-refractivity contribution in [3.8, 4) is 0 Å². The van der Waals surface area contributed by atoms with E-state index in [0.29, 0.717) is 5.69 Å². The lowest BCUT2D eigenvalue weighted by molar-refractivity contribution is 0.0812. The van der Waals surface area contributed by atoms with E-state index >= 15 is 0 Å². The van der Waals surface area contributed by atoms with Crippen LogP contribution in [-0.4, -0.2) is 33.4 Å². The molecular formula is C12H21N3O2. The van der Waals surface area contributed by atoms with Crippen molar-refractivity contribution < 1.29 is 9.90 Å². The molecule has 1 aromatic heterocycles. The molecule has 5 nitrogen and oxygen atoms in total. The Labute approximate surface area is 102 Å². The van der Waals surface area contributed by atoms with Gasteiger partial charge in [0.1, 0.15) is 5.69 Å². The van der Waals surface area contributed by atoms with Crippen molar-refractivity contribution in [2.45, 2.75) is 32.8 Å². The molecule has 1 unspecified atom stereocenters. The van der Waals surface area contributed by atoms with Crippen LogP contribution in [0.3, 0.4) is 0 Å². The number of rotatable bonds is 6. The molecule has 2 N–H and O–H groups in total. The SMILES string of the molecule is CCC(CC)C(O)CNC(=O)c1ccn(C)n1. The Kier molecular flexibility index (Phi) is 5.15. The minimum Gasteiger partial charge on any atom is -0.391 e. The van der Waals surface area contributed by atoms with Crippen LogP contribution in [0.4, 0.5) is 0 Å². The maximum Gasteiger partial charge on any atom is 0.271 e. The van der Waals surface area contributed by atoms with E-state index in [1.165, 1.54) is 0 Å². The molecule has 17 heavy (non-hydrogen) atoms. The molecule has 0 saturated carbocycles. The summed E-state index contributed by atoms with van der Waals surface area (Å²) in [6.45, 7) is 4.36. The summed E-state index contributed by atoms with van der Waals surface area (Å²) in [4.78, 5) is 11.7. The van der Waals surface area contributed by atoms with E-state index < -0.39 is 6.10 Å². The van der Waals surface area contributed by atoms with E-state index in [4.69, 9.17) is 0 Å². The minimum atomic E-state index is -0.488. The quantitative estimate of drug-likeness (QED) is 0.776. The van der Waals surface area contributed by atoms with Gasteiger partial charge in [0.15, 0.2) is 0 Å². The highest BCUT2D eigenvalue weighted by Crippen LogP contribution is 2.12. The van der Waals surface area contributed by atoms with Gasteiger partial charge in [-0.3, -0.25) is 9.48 Å². The summed E-state index contributed by atoms with van der Waals surface area (Å²) in [5.41, 5.74) is 0.379. The maximum atomic E-state index is 11.7. The Balaban J connectivity index is 2.43. The van der Waals surface area contributed by atoms with Gasteiger partial charge in [-0.1, -0.05) is 26.7 Å². The van der Waals surface area contributed by atoms with Crippen molar-refractivity contribution in [2.24, 2.45) is 13.0 Å². The minimum absolute atomic E-state index is 0.235. The third-order valence-electron chi connectivity index (χ3n) is 3.01. The lowest BCUT2D eigenvalue weighted by Gasteiger charge is -2.19. The number of nitrogens with one attached hydrogen (secondary N) is 1. The fourth-order valence-electron chi connectivity index (χ4n) is 1.82. The van der Waals surface area contributed by atoms with Gasteiger partial charge >= 0.3 is 0 Å². The van der Waals surface area contributed by atoms with Crippen LogP contribution >= 0.6 is 0 Å². The molecule has 0 radical (unpaired) electrons. The van der Waals surface area contributed by atoms with Crippen LogP contribution < -0.4 is 5.32 Å². The number of hydrogen-bond donors (Lipinski definition) is 2. The summed E-state index contributed by atoms with van der Waals surface area (Å²) in [7, 11) is 1.76. The third-order valence-corrected chi connectivity index (χ3v) is 3.01. The first-order valence-corrected chi connectivity index (χ1v) is 6.04. The first kappa shape index (κ1) is 13.7. The Morgan fingerprint density at radius 1 is 1.53 bits per heavy atom. The van der Waals surface area contributed by atoms with Crippen LogP contribution in [0.1, 0.15) is 37.2 Å². The third kappa shape index (κ3) is 3.85. The highest BCUT2D eigenvalue weighted by Gasteiger charge is 2.17. The molecule has 0 bridgehead atoms. The van der Waals surface area contributed by atoms with Crippen molar-refractivity contribution in [3.63, 3.8) is 0 Å². The van der Waals surface area contributed by atoms with Crippen molar-refractivity contribution >= 4 is 5.91 Å². The topological polar surface area (TPSA) is 67.2 Å². The number of carbonyl (C=O) groups is 1. The molecule has 1 aromatic rings. The summed E-state index contributed by atoms with van der Waals surface area (Å²) in [5.74, 6) is -0.00496. The van der Waals surface area contributed by atoms with Gasteiger partial charge in [-0.2, -0.15) is 5.10 Å². The fourth-order valence-corrected chi connectivity index (χ4v) is 1.82. The number of hydrogen-bond acceptors (Lipinski definition) is 3. The summed E-state index contributed by atoms with van der Waals surface area (Å²) in [6, 6.07) is 1.65. The largest absolute Gasteiger partial charge is 0.391 e. The lowest BCUT2D eigenvalue weighted by atomic mass is 9.96. The molecule has 96 valence electrons. The first-order valence-electron chi connectivity index (χ1n) is 6.04. The predicted octanol–water partition coefficient (Wildman–Crippen LogP) is 0.947. The Hall–Kier alpha value is -1.36. The predicted molar refractivity (Wildman–Crippen MR) is 65.6 cm³/mol. The molecule has 0 aliphatic heterocycles. The zero-order chi connectivity index (χ0) is 12.8. The summed E-state index contributed by atoms with van der Waals surface area (Å²) < 4.78 is 1.58.